The molecule has 0 bridgehead atoms. The Bertz CT molecular complexity index is 592. The van der Waals surface area contributed by atoms with Gasteiger partial charge in [-0.3, -0.25) is 0 Å². The number of fused-ring (bicyclic) bond motifs is 1. The zero-order chi connectivity index (χ0) is 14.2. The smallest absolute Gasteiger partial charge is 0.243 e. The molecular weight excluding hydrogens is 272 g/mol. The van der Waals surface area contributed by atoms with Crippen LogP contribution in [-0.4, -0.2) is 38.4 Å². The van der Waals surface area contributed by atoms with Gasteiger partial charge in [0.15, 0.2) is 0 Å². The summed E-state index contributed by atoms with van der Waals surface area (Å²) in [7, 11) is -3.36. The van der Waals surface area contributed by atoms with Gasteiger partial charge < -0.3 is 5.32 Å². The Hall–Kier alpha value is -0.910. The van der Waals surface area contributed by atoms with Crippen LogP contribution in [0.1, 0.15) is 30.9 Å². The first-order chi connectivity index (χ1) is 9.63. The lowest BCUT2D eigenvalue weighted by atomic mass is 10.1. The molecule has 20 heavy (non-hydrogen) atoms. The molecule has 3 rings (SSSR count). The van der Waals surface area contributed by atoms with E-state index in [9.17, 15) is 8.42 Å². The number of sulfonamides is 1. The van der Waals surface area contributed by atoms with Crippen molar-refractivity contribution >= 4 is 10.0 Å². The van der Waals surface area contributed by atoms with Crippen LogP contribution in [0.25, 0.3) is 0 Å². The average molecular weight is 294 g/mol. The highest BCUT2D eigenvalue weighted by Crippen LogP contribution is 2.27. The lowest BCUT2D eigenvalue weighted by molar-refractivity contribution is 0.348. The maximum absolute atomic E-state index is 12.8. The lowest BCUT2D eigenvalue weighted by Crippen LogP contribution is -2.41. The first kappa shape index (κ1) is 14.0. The number of benzene rings is 1. The van der Waals surface area contributed by atoms with Gasteiger partial charge in [-0.1, -0.05) is 13.0 Å². The fourth-order valence-electron chi connectivity index (χ4n) is 3.35. The van der Waals surface area contributed by atoms with Crippen molar-refractivity contribution in [2.45, 2.75) is 43.5 Å². The predicted molar refractivity (Wildman–Crippen MR) is 79.3 cm³/mol. The third-order valence-electron chi connectivity index (χ3n) is 4.43. The maximum Gasteiger partial charge on any atom is 0.243 e. The summed E-state index contributed by atoms with van der Waals surface area (Å²) in [4.78, 5) is 0.465. The van der Waals surface area contributed by atoms with Gasteiger partial charge in [0.05, 0.1) is 4.90 Å². The summed E-state index contributed by atoms with van der Waals surface area (Å²) in [6.45, 7) is 4.12. The Morgan fingerprint density at radius 1 is 1.30 bits per heavy atom. The van der Waals surface area contributed by atoms with E-state index in [-0.39, 0.29) is 6.04 Å². The topological polar surface area (TPSA) is 49.4 Å². The van der Waals surface area contributed by atoms with Gasteiger partial charge in [-0.05, 0) is 55.5 Å². The van der Waals surface area contributed by atoms with Gasteiger partial charge in [-0.25, -0.2) is 8.42 Å². The summed E-state index contributed by atoms with van der Waals surface area (Å²) < 4.78 is 27.4. The number of rotatable bonds is 4. The van der Waals surface area contributed by atoms with E-state index in [2.05, 4.69) is 5.32 Å². The van der Waals surface area contributed by atoms with E-state index in [4.69, 9.17) is 0 Å². The molecule has 1 fully saturated rings. The summed E-state index contributed by atoms with van der Waals surface area (Å²) in [6.07, 6.45) is 4.14. The molecule has 2 aliphatic rings. The normalized spacial score (nSPS) is 22.4. The van der Waals surface area contributed by atoms with Crippen molar-refractivity contribution < 1.29 is 8.42 Å². The molecule has 1 aromatic rings. The van der Waals surface area contributed by atoms with Gasteiger partial charge >= 0.3 is 0 Å². The van der Waals surface area contributed by atoms with Gasteiger partial charge in [0.1, 0.15) is 0 Å². The van der Waals surface area contributed by atoms with Crippen LogP contribution >= 0.6 is 0 Å². The average Bonchev–Trinajstić information content (AvgIpc) is 3.09. The van der Waals surface area contributed by atoms with E-state index in [1.807, 2.05) is 19.1 Å². The van der Waals surface area contributed by atoms with Crippen molar-refractivity contribution in [2.75, 3.05) is 19.6 Å². The molecule has 0 amide bonds. The second-order valence-corrected chi connectivity index (χ2v) is 7.53. The highest BCUT2D eigenvalue weighted by Gasteiger charge is 2.32. The van der Waals surface area contributed by atoms with Crippen molar-refractivity contribution in [3.05, 3.63) is 29.3 Å². The molecule has 1 aliphatic carbocycles. The predicted octanol–water partition coefficient (Wildman–Crippen LogP) is 1.55. The van der Waals surface area contributed by atoms with Crippen LogP contribution in [-0.2, 0) is 22.9 Å². The molecule has 0 aromatic heterocycles. The molecular formula is C15H22N2O2S. The van der Waals surface area contributed by atoms with E-state index >= 15 is 0 Å². The quantitative estimate of drug-likeness (QED) is 0.916. The van der Waals surface area contributed by atoms with E-state index in [0.717, 1.165) is 38.8 Å². The van der Waals surface area contributed by atoms with Crippen molar-refractivity contribution in [1.29, 1.82) is 0 Å². The lowest BCUT2D eigenvalue weighted by Gasteiger charge is -2.26. The molecule has 5 heteroatoms. The van der Waals surface area contributed by atoms with Crippen LogP contribution in [0, 0.1) is 0 Å². The van der Waals surface area contributed by atoms with Crippen LogP contribution in [0.4, 0.5) is 0 Å². The molecule has 1 aromatic carbocycles. The number of hydrogen-bond donors (Lipinski definition) is 1. The number of nitrogens with one attached hydrogen (secondary N) is 1. The van der Waals surface area contributed by atoms with Crippen LogP contribution in [0.5, 0.6) is 0 Å². The Kier molecular flexibility index (Phi) is 3.84. The summed E-state index contributed by atoms with van der Waals surface area (Å²) in [5.74, 6) is 0. The molecule has 0 spiro atoms. The van der Waals surface area contributed by atoms with Crippen molar-refractivity contribution in [3.8, 4) is 0 Å². The molecule has 1 atom stereocenters. The number of hydrogen-bond acceptors (Lipinski definition) is 3. The zero-order valence-electron chi connectivity index (χ0n) is 11.9. The Morgan fingerprint density at radius 2 is 2.10 bits per heavy atom. The van der Waals surface area contributed by atoms with E-state index < -0.39 is 10.0 Å². The van der Waals surface area contributed by atoms with E-state index in [1.165, 1.54) is 11.1 Å². The monoisotopic (exact) mass is 294 g/mol. The molecule has 0 saturated carbocycles. The van der Waals surface area contributed by atoms with Crippen molar-refractivity contribution in [1.82, 2.24) is 9.62 Å². The zero-order valence-corrected chi connectivity index (χ0v) is 12.7. The largest absolute Gasteiger partial charge is 0.315 e. The molecule has 1 N–H and O–H groups in total. The number of aryl methyl sites for hydroxylation is 2. The van der Waals surface area contributed by atoms with Crippen molar-refractivity contribution in [3.63, 3.8) is 0 Å². The van der Waals surface area contributed by atoms with Crippen molar-refractivity contribution in [2.24, 2.45) is 0 Å². The van der Waals surface area contributed by atoms with Crippen LogP contribution in [0.3, 0.4) is 0 Å². The second kappa shape index (κ2) is 5.47. The van der Waals surface area contributed by atoms with Crippen LogP contribution < -0.4 is 5.32 Å². The first-order valence-electron chi connectivity index (χ1n) is 7.47. The molecule has 1 saturated heterocycles. The number of nitrogens with zero attached hydrogens (tertiary/aromatic N) is 1. The third-order valence-corrected chi connectivity index (χ3v) is 6.45. The number of likely N-dealkylation sites (N-methyl/N-ethyl adjacent to an activating group) is 1. The Morgan fingerprint density at radius 3 is 2.80 bits per heavy atom. The molecule has 4 nitrogen and oxygen atoms in total. The fraction of sp³-hybridized carbons (Fsp3) is 0.600. The molecule has 110 valence electrons. The minimum atomic E-state index is -3.36. The molecule has 1 heterocycles. The summed E-state index contributed by atoms with van der Waals surface area (Å²) in [5, 5.41) is 3.25. The Balaban J connectivity index is 1.93. The molecule has 1 aliphatic heterocycles. The summed E-state index contributed by atoms with van der Waals surface area (Å²) in [5.41, 5.74) is 2.53. The molecule has 0 radical (unpaired) electrons. The highest BCUT2D eigenvalue weighted by molar-refractivity contribution is 7.89. The first-order valence-corrected chi connectivity index (χ1v) is 8.91. The summed E-state index contributed by atoms with van der Waals surface area (Å²) in [6, 6.07) is 5.77. The van der Waals surface area contributed by atoms with Gasteiger partial charge in [0, 0.05) is 19.1 Å². The summed E-state index contributed by atoms with van der Waals surface area (Å²) >= 11 is 0. The van der Waals surface area contributed by atoms with Gasteiger partial charge in [-0.2, -0.15) is 4.31 Å². The van der Waals surface area contributed by atoms with Gasteiger partial charge in [-0.15, -0.1) is 0 Å². The van der Waals surface area contributed by atoms with Crippen LogP contribution in [0.15, 0.2) is 23.1 Å². The van der Waals surface area contributed by atoms with Crippen LogP contribution in [0.2, 0.25) is 0 Å². The van der Waals surface area contributed by atoms with Gasteiger partial charge in [0.2, 0.25) is 10.0 Å². The highest BCUT2D eigenvalue weighted by atomic mass is 32.2. The minimum absolute atomic E-state index is 0.0956. The standard InChI is InChI=1S/C15H22N2O2S/c1-2-17(14-8-9-16-11-14)20(18,19)15-7-6-12-4-3-5-13(12)10-15/h6-7,10,14,16H,2-5,8-9,11H2,1H3. The SMILES string of the molecule is CCN(C1CCNC1)S(=O)(=O)c1ccc2c(c1)CCC2. The van der Waals surface area contributed by atoms with Gasteiger partial charge in [0.25, 0.3) is 0 Å². The molecule has 1 unspecified atom stereocenters. The minimum Gasteiger partial charge on any atom is -0.315 e. The van der Waals surface area contributed by atoms with E-state index in [0.29, 0.717) is 11.4 Å². The Labute approximate surface area is 121 Å². The maximum atomic E-state index is 12.8. The van der Waals surface area contributed by atoms with E-state index in [1.54, 1.807) is 10.4 Å². The fourth-order valence-corrected chi connectivity index (χ4v) is 5.07. The third kappa shape index (κ3) is 2.38. The second-order valence-electron chi connectivity index (χ2n) is 5.64.